The quantitative estimate of drug-likeness (QED) is 0.457. The average Bonchev–Trinajstić information content (AvgIpc) is 3.37. The highest BCUT2D eigenvalue weighted by Gasteiger charge is 2.34. The summed E-state index contributed by atoms with van der Waals surface area (Å²) >= 11 is 0. The molecule has 0 spiro atoms. The normalized spacial score (nSPS) is 14.8. The molecule has 36 heavy (non-hydrogen) atoms. The Morgan fingerprint density at radius 1 is 1.06 bits per heavy atom. The number of fused-ring (bicyclic) bond motifs is 1. The Labute approximate surface area is 212 Å². The molecule has 0 saturated carbocycles. The molecule has 2 aliphatic heterocycles. The molecule has 2 aromatic rings. The number of benzene rings is 2. The minimum Gasteiger partial charge on any atom is -0.469 e. The van der Waals surface area contributed by atoms with Crippen molar-refractivity contribution in [3.8, 4) is 0 Å². The van der Waals surface area contributed by atoms with Gasteiger partial charge in [0.25, 0.3) is 0 Å². The maximum atomic E-state index is 14.0. The van der Waals surface area contributed by atoms with E-state index in [2.05, 4.69) is 24.5 Å². The Morgan fingerprint density at radius 2 is 1.78 bits per heavy atom. The van der Waals surface area contributed by atoms with Gasteiger partial charge in [0.15, 0.2) is 0 Å². The third kappa shape index (κ3) is 6.04. The summed E-state index contributed by atoms with van der Waals surface area (Å²) in [5, 5.41) is 1.38. The number of nitrogens with one attached hydrogen (secondary N) is 1. The van der Waals surface area contributed by atoms with Gasteiger partial charge in [0.05, 0.1) is 19.7 Å². The third-order valence-electron chi connectivity index (χ3n) is 6.05. The van der Waals surface area contributed by atoms with Crippen LogP contribution in [-0.4, -0.2) is 30.9 Å². The van der Waals surface area contributed by atoms with Crippen LogP contribution in [0.2, 0.25) is 0 Å². The second-order valence-electron chi connectivity index (χ2n) is 8.70. The number of allylic oxidation sites excluding steroid dienone is 2. The van der Waals surface area contributed by atoms with Gasteiger partial charge in [0.2, 0.25) is 10.0 Å². The van der Waals surface area contributed by atoms with Crippen LogP contribution < -0.4 is 5.48 Å². The Morgan fingerprint density at radius 3 is 2.53 bits per heavy atom. The first-order valence-electron chi connectivity index (χ1n) is 11.9. The average molecular weight is 510 g/mol. The van der Waals surface area contributed by atoms with Gasteiger partial charge in [0, 0.05) is 19.3 Å². The molecule has 0 unspecified atom stereocenters. The number of aryl methyl sites for hydroxylation is 1. The molecule has 0 atom stereocenters. The zero-order valence-electron chi connectivity index (χ0n) is 20.5. The highest BCUT2D eigenvalue weighted by Crippen LogP contribution is 2.31. The van der Waals surface area contributed by atoms with Gasteiger partial charge in [-0.2, -0.15) is 9.24 Å². The van der Waals surface area contributed by atoms with Crippen molar-refractivity contribution in [2.75, 3.05) is 7.11 Å². The van der Waals surface area contributed by atoms with Crippen LogP contribution in [0.5, 0.6) is 0 Å². The van der Waals surface area contributed by atoms with Crippen LogP contribution in [0.1, 0.15) is 42.0 Å². The lowest BCUT2D eigenvalue weighted by atomic mass is 10.1. The Hall–Kier alpha value is -3.40. The van der Waals surface area contributed by atoms with Crippen LogP contribution in [0.15, 0.2) is 83.7 Å². The largest absolute Gasteiger partial charge is 0.469 e. The van der Waals surface area contributed by atoms with Crippen LogP contribution in [0, 0.1) is 0 Å². The van der Waals surface area contributed by atoms with E-state index in [0.29, 0.717) is 5.70 Å². The van der Waals surface area contributed by atoms with E-state index in [1.807, 2.05) is 36.4 Å². The summed E-state index contributed by atoms with van der Waals surface area (Å²) in [4.78, 5) is 17.1. The van der Waals surface area contributed by atoms with Crippen molar-refractivity contribution in [1.29, 1.82) is 0 Å². The van der Waals surface area contributed by atoms with E-state index in [4.69, 9.17) is 9.68 Å². The molecule has 190 valence electrons. The topological polar surface area (TPSA) is 88.2 Å². The van der Waals surface area contributed by atoms with Gasteiger partial charge in [-0.05, 0) is 47.2 Å². The summed E-state index contributed by atoms with van der Waals surface area (Å²) < 4.78 is 34.1. The second-order valence-corrected chi connectivity index (χ2v) is 10.6. The van der Waals surface area contributed by atoms with Crippen LogP contribution in [-0.2, 0) is 50.4 Å². The smallest absolute Gasteiger partial charge is 0.309 e. The molecule has 2 aromatic carbocycles. The zero-order chi connectivity index (χ0) is 25.5. The molecule has 4 rings (SSSR count). The minimum absolute atomic E-state index is 0.122. The number of carbonyl (C=O) groups excluding carboxylic acids is 1. The molecule has 2 aliphatic rings. The number of ether oxygens (including phenoxy) is 1. The molecular weight excluding hydrogens is 478 g/mol. The fourth-order valence-corrected chi connectivity index (χ4v) is 5.68. The first-order chi connectivity index (χ1) is 17.4. The lowest BCUT2D eigenvalue weighted by Crippen LogP contribution is -2.33. The Kier molecular flexibility index (Phi) is 8.25. The zero-order valence-corrected chi connectivity index (χ0v) is 21.3. The second kappa shape index (κ2) is 11.6. The predicted molar refractivity (Wildman–Crippen MR) is 137 cm³/mol. The van der Waals surface area contributed by atoms with Gasteiger partial charge in [-0.3, -0.25) is 4.79 Å². The van der Waals surface area contributed by atoms with Gasteiger partial charge in [-0.25, -0.2) is 19.0 Å². The lowest BCUT2D eigenvalue weighted by Gasteiger charge is -2.27. The van der Waals surface area contributed by atoms with Crippen molar-refractivity contribution in [3.05, 3.63) is 106 Å². The molecule has 2 heterocycles. The number of nitrogens with zero attached hydrogens (tertiary/aromatic N) is 2. The summed E-state index contributed by atoms with van der Waals surface area (Å²) in [5.41, 5.74) is 6.69. The standard InChI is InChI=1S/C27H31N3O5S/c1-3-4-7-21-11-13-22(14-12-21)19-29(20-24-9-5-8-23(16-24)17-27(31)34-2)36(32,33)26-10-6-15-30-25(26)18-28-35-30/h5-6,8-16,18,28H,3-4,7,17,19-20H2,1-2H3. The number of unbranched alkanes of at least 4 members (excludes halogenated alkanes) is 1. The van der Waals surface area contributed by atoms with Crippen molar-refractivity contribution in [1.82, 2.24) is 14.8 Å². The van der Waals surface area contributed by atoms with Crippen LogP contribution >= 0.6 is 0 Å². The molecule has 0 aromatic heterocycles. The lowest BCUT2D eigenvalue weighted by molar-refractivity contribution is -0.139. The van der Waals surface area contributed by atoms with E-state index in [1.54, 1.807) is 18.4 Å². The molecule has 1 N–H and O–H groups in total. The SMILES string of the molecule is CCCCc1ccc(CN(Cc2cccc(CC(=O)OC)c2)S(=O)(=O)C2=CC=CN3ONC=C23)cc1. The first kappa shape index (κ1) is 25.7. The number of hydroxylamine groups is 3. The summed E-state index contributed by atoms with van der Waals surface area (Å²) in [7, 11) is -2.57. The minimum atomic E-state index is -3.92. The molecule has 0 bridgehead atoms. The number of hydrogen-bond donors (Lipinski definition) is 1. The number of carbonyl (C=O) groups is 1. The highest BCUT2D eigenvalue weighted by atomic mass is 32.2. The first-order valence-corrected chi connectivity index (χ1v) is 13.4. The summed E-state index contributed by atoms with van der Waals surface area (Å²) in [6.45, 7) is 2.49. The van der Waals surface area contributed by atoms with E-state index >= 15 is 0 Å². The van der Waals surface area contributed by atoms with Crippen LogP contribution in [0.25, 0.3) is 0 Å². The molecule has 0 radical (unpaired) electrons. The van der Waals surface area contributed by atoms with Crippen molar-refractivity contribution >= 4 is 16.0 Å². The van der Waals surface area contributed by atoms with Crippen LogP contribution in [0.3, 0.4) is 0 Å². The predicted octanol–water partition coefficient (Wildman–Crippen LogP) is 4.08. The van der Waals surface area contributed by atoms with E-state index in [9.17, 15) is 13.2 Å². The fraction of sp³-hybridized carbons (Fsp3) is 0.296. The fourth-order valence-electron chi connectivity index (χ4n) is 4.10. The number of methoxy groups -OCH3 is 1. The number of esters is 1. The highest BCUT2D eigenvalue weighted by molar-refractivity contribution is 7.93. The Balaban J connectivity index is 1.64. The molecule has 0 aliphatic carbocycles. The van der Waals surface area contributed by atoms with E-state index < -0.39 is 10.0 Å². The number of hydrogen-bond acceptors (Lipinski definition) is 7. The summed E-state index contributed by atoms with van der Waals surface area (Å²) in [5.74, 6) is -0.347. The number of rotatable bonds is 11. The number of sulfonamides is 1. The van der Waals surface area contributed by atoms with Gasteiger partial charge in [-0.1, -0.05) is 61.9 Å². The van der Waals surface area contributed by atoms with Crippen molar-refractivity contribution in [3.63, 3.8) is 0 Å². The van der Waals surface area contributed by atoms with Gasteiger partial charge >= 0.3 is 5.97 Å². The van der Waals surface area contributed by atoms with Gasteiger partial charge in [0.1, 0.15) is 10.6 Å². The van der Waals surface area contributed by atoms with Crippen LogP contribution in [0.4, 0.5) is 0 Å². The maximum Gasteiger partial charge on any atom is 0.309 e. The third-order valence-corrected chi connectivity index (χ3v) is 7.89. The molecule has 0 saturated heterocycles. The van der Waals surface area contributed by atoms with E-state index in [1.165, 1.54) is 28.2 Å². The van der Waals surface area contributed by atoms with Crippen molar-refractivity contribution < 1.29 is 22.9 Å². The van der Waals surface area contributed by atoms with Crippen molar-refractivity contribution in [2.45, 2.75) is 45.7 Å². The van der Waals surface area contributed by atoms with Gasteiger partial charge in [-0.15, -0.1) is 0 Å². The molecule has 9 heteroatoms. The monoisotopic (exact) mass is 509 g/mol. The van der Waals surface area contributed by atoms with E-state index in [0.717, 1.165) is 36.0 Å². The van der Waals surface area contributed by atoms with Crippen molar-refractivity contribution in [2.24, 2.45) is 0 Å². The molecule has 0 fully saturated rings. The Bertz CT molecular complexity index is 1280. The van der Waals surface area contributed by atoms with Gasteiger partial charge < -0.3 is 4.74 Å². The van der Waals surface area contributed by atoms with E-state index in [-0.39, 0.29) is 30.4 Å². The maximum absolute atomic E-state index is 14.0. The molecular formula is C27H31N3O5S. The molecule has 0 amide bonds. The summed E-state index contributed by atoms with van der Waals surface area (Å²) in [6.07, 6.45) is 9.73. The summed E-state index contributed by atoms with van der Waals surface area (Å²) in [6, 6.07) is 15.5. The molecule has 8 nitrogen and oxygen atoms in total.